The van der Waals surface area contributed by atoms with Crippen molar-refractivity contribution in [2.75, 3.05) is 12.0 Å². The third kappa shape index (κ3) is 6.50. The van der Waals surface area contributed by atoms with Crippen LogP contribution in [0.4, 0.5) is 0 Å². The van der Waals surface area contributed by atoms with Gasteiger partial charge in [-0.25, -0.2) is 0 Å². The van der Waals surface area contributed by atoms with E-state index in [2.05, 4.69) is 5.32 Å². The maximum absolute atomic E-state index is 11.8. The number of hydrogen-bond acceptors (Lipinski definition) is 3. The monoisotopic (exact) mass is 282 g/mol. The van der Waals surface area contributed by atoms with Gasteiger partial charge in [0.05, 0.1) is 6.04 Å². The number of aryl methyl sites for hydroxylation is 1. The van der Waals surface area contributed by atoms with E-state index >= 15 is 0 Å². The van der Waals surface area contributed by atoms with Gasteiger partial charge in [-0.1, -0.05) is 30.3 Å². The van der Waals surface area contributed by atoms with Gasteiger partial charge in [-0.3, -0.25) is 9.00 Å². The zero-order valence-electron chi connectivity index (χ0n) is 11.5. The lowest BCUT2D eigenvalue weighted by atomic mass is 10.1. The summed E-state index contributed by atoms with van der Waals surface area (Å²) in [6.45, 7) is 1.84. The fraction of sp³-hybridized carbons (Fsp3) is 0.500. The Morgan fingerprint density at radius 2 is 2.00 bits per heavy atom. The average molecular weight is 282 g/mol. The molecule has 2 unspecified atom stereocenters. The molecule has 106 valence electrons. The standard InChI is InChI=1S/C14H22N2O2S/c1-11(10-19(2)18)16-14(17)13(15)9-8-12-6-4-3-5-7-12/h3-7,11,13H,8-10,15H2,1-2H3,(H,16,17)/t11?,13-,19?/m0/s1. The number of nitrogens with two attached hydrogens (primary N) is 1. The van der Waals surface area contributed by atoms with E-state index in [0.717, 1.165) is 6.42 Å². The molecule has 1 amide bonds. The summed E-state index contributed by atoms with van der Waals surface area (Å²) >= 11 is 0. The number of carbonyl (C=O) groups is 1. The molecule has 0 aromatic heterocycles. The van der Waals surface area contributed by atoms with E-state index < -0.39 is 16.8 Å². The van der Waals surface area contributed by atoms with Crippen molar-refractivity contribution >= 4 is 16.7 Å². The van der Waals surface area contributed by atoms with Gasteiger partial charge in [0.25, 0.3) is 0 Å². The number of carbonyl (C=O) groups excluding carboxylic acids is 1. The second-order valence-electron chi connectivity index (χ2n) is 4.78. The van der Waals surface area contributed by atoms with Crippen molar-refractivity contribution in [3.63, 3.8) is 0 Å². The zero-order chi connectivity index (χ0) is 14.3. The molecule has 3 N–H and O–H groups in total. The lowest BCUT2D eigenvalue weighted by Crippen LogP contribution is -2.46. The van der Waals surface area contributed by atoms with Gasteiger partial charge in [0, 0.05) is 28.9 Å². The van der Waals surface area contributed by atoms with E-state index in [1.807, 2.05) is 37.3 Å². The minimum Gasteiger partial charge on any atom is -0.351 e. The molecule has 0 spiro atoms. The molecule has 0 fully saturated rings. The van der Waals surface area contributed by atoms with Gasteiger partial charge >= 0.3 is 0 Å². The van der Waals surface area contributed by atoms with Crippen molar-refractivity contribution in [2.45, 2.75) is 31.8 Å². The maximum atomic E-state index is 11.8. The summed E-state index contributed by atoms with van der Waals surface area (Å²) in [5.74, 6) is 0.283. The molecule has 3 atom stereocenters. The summed E-state index contributed by atoms with van der Waals surface area (Å²) in [7, 11) is -0.914. The van der Waals surface area contributed by atoms with E-state index in [4.69, 9.17) is 5.73 Å². The zero-order valence-corrected chi connectivity index (χ0v) is 12.3. The predicted octanol–water partition coefficient (Wildman–Crippen LogP) is 0.830. The van der Waals surface area contributed by atoms with E-state index in [1.165, 1.54) is 5.56 Å². The van der Waals surface area contributed by atoms with Crippen LogP contribution in [0.2, 0.25) is 0 Å². The van der Waals surface area contributed by atoms with Crippen LogP contribution in [0.3, 0.4) is 0 Å². The summed E-state index contributed by atoms with van der Waals surface area (Å²) in [5.41, 5.74) is 7.03. The van der Waals surface area contributed by atoms with Gasteiger partial charge in [0.1, 0.15) is 0 Å². The van der Waals surface area contributed by atoms with Gasteiger partial charge in [-0.15, -0.1) is 0 Å². The Kier molecular flexibility index (Phi) is 6.73. The van der Waals surface area contributed by atoms with Crippen LogP contribution >= 0.6 is 0 Å². The molecule has 0 aliphatic carbocycles. The highest BCUT2D eigenvalue weighted by atomic mass is 32.2. The number of amides is 1. The fourth-order valence-corrected chi connectivity index (χ4v) is 2.63. The normalized spacial score (nSPS) is 15.5. The van der Waals surface area contributed by atoms with Gasteiger partial charge in [0.15, 0.2) is 0 Å². The van der Waals surface area contributed by atoms with Crippen LogP contribution in [-0.4, -0.2) is 34.2 Å². The molecule has 1 aromatic rings. The molecule has 19 heavy (non-hydrogen) atoms. The SMILES string of the molecule is CC(CS(C)=O)NC(=O)[C@@H](N)CCc1ccccc1. The Morgan fingerprint density at radius 3 is 2.58 bits per heavy atom. The van der Waals surface area contributed by atoms with Crippen LogP contribution in [0.25, 0.3) is 0 Å². The van der Waals surface area contributed by atoms with Gasteiger partial charge in [-0.2, -0.15) is 0 Å². The molecule has 5 heteroatoms. The molecule has 0 aliphatic rings. The first-order chi connectivity index (χ1) is 8.99. The molecular formula is C14H22N2O2S. The molecule has 4 nitrogen and oxygen atoms in total. The van der Waals surface area contributed by atoms with Crippen molar-refractivity contribution in [3.05, 3.63) is 35.9 Å². The number of nitrogens with one attached hydrogen (secondary N) is 1. The molecule has 0 radical (unpaired) electrons. The summed E-state index contributed by atoms with van der Waals surface area (Å²) in [4.78, 5) is 11.8. The highest BCUT2D eigenvalue weighted by Gasteiger charge is 2.16. The molecular weight excluding hydrogens is 260 g/mol. The van der Waals surface area contributed by atoms with Crippen molar-refractivity contribution in [1.82, 2.24) is 5.32 Å². The first-order valence-corrected chi connectivity index (χ1v) is 8.11. The van der Waals surface area contributed by atoms with E-state index in [0.29, 0.717) is 12.2 Å². The highest BCUT2D eigenvalue weighted by molar-refractivity contribution is 7.84. The Labute approximate surface area is 117 Å². The third-order valence-electron chi connectivity index (χ3n) is 2.80. The predicted molar refractivity (Wildman–Crippen MR) is 79.3 cm³/mol. The maximum Gasteiger partial charge on any atom is 0.237 e. The van der Waals surface area contributed by atoms with Gasteiger partial charge in [-0.05, 0) is 25.3 Å². The third-order valence-corrected chi connectivity index (χ3v) is 3.77. The topological polar surface area (TPSA) is 72.2 Å². The molecule has 1 aromatic carbocycles. The summed E-state index contributed by atoms with van der Waals surface area (Å²) in [6, 6.07) is 9.32. The Balaban J connectivity index is 2.34. The van der Waals surface area contributed by atoms with Gasteiger partial charge in [0.2, 0.25) is 5.91 Å². The van der Waals surface area contributed by atoms with Crippen LogP contribution in [-0.2, 0) is 22.0 Å². The molecule has 0 aliphatic heterocycles. The van der Waals surface area contributed by atoms with Crippen LogP contribution in [0.5, 0.6) is 0 Å². The summed E-state index contributed by atoms with van der Waals surface area (Å²) < 4.78 is 11.0. The summed E-state index contributed by atoms with van der Waals surface area (Å²) in [6.07, 6.45) is 3.01. The lowest BCUT2D eigenvalue weighted by Gasteiger charge is -2.16. The quantitative estimate of drug-likeness (QED) is 0.778. The smallest absolute Gasteiger partial charge is 0.237 e. The molecule has 1 rings (SSSR count). The Hall–Kier alpha value is -1.20. The second kappa shape index (κ2) is 8.07. The first kappa shape index (κ1) is 15.9. The van der Waals surface area contributed by atoms with Gasteiger partial charge < -0.3 is 11.1 Å². The molecule has 0 heterocycles. The lowest BCUT2D eigenvalue weighted by molar-refractivity contribution is -0.122. The second-order valence-corrected chi connectivity index (χ2v) is 6.26. The minimum atomic E-state index is -0.914. The number of rotatable bonds is 7. The summed E-state index contributed by atoms with van der Waals surface area (Å²) in [5, 5.41) is 2.79. The van der Waals surface area contributed by atoms with E-state index in [1.54, 1.807) is 6.26 Å². The van der Waals surface area contributed by atoms with Crippen LogP contribution in [0, 0.1) is 0 Å². The molecule has 0 saturated heterocycles. The average Bonchev–Trinajstić information content (AvgIpc) is 2.36. The molecule has 0 bridgehead atoms. The largest absolute Gasteiger partial charge is 0.351 e. The highest BCUT2D eigenvalue weighted by Crippen LogP contribution is 2.04. The Morgan fingerprint density at radius 1 is 1.37 bits per heavy atom. The van der Waals surface area contributed by atoms with Crippen LogP contribution in [0.15, 0.2) is 30.3 Å². The van der Waals surface area contributed by atoms with Crippen molar-refractivity contribution in [3.8, 4) is 0 Å². The van der Waals surface area contributed by atoms with E-state index in [-0.39, 0.29) is 11.9 Å². The van der Waals surface area contributed by atoms with Crippen LogP contribution < -0.4 is 11.1 Å². The first-order valence-electron chi connectivity index (χ1n) is 6.39. The van der Waals surface area contributed by atoms with Crippen molar-refractivity contribution in [1.29, 1.82) is 0 Å². The van der Waals surface area contributed by atoms with Crippen molar-refractivity contribution < 1.29 is 9.00 Å². The fourth-order valence-electron chi connectivity index (χ4n) is 1.84. The van der Waals surface area contributed by atoms with E-state index in [9.17, 15) is 9.00 Å². The Bertz CT molecular complexity index is 423. The van der Waals surface area contributed by atoms with Crippen molar-refractivity contribution in [2.24, 2.45) is 5.73 Å². The minimum absolute atomic E-state index is 0.110. The van der Waals surface area contributed by atoms with Crippen LogP contribution in [0.1, 0.15) is 18.9 Å². The molecule has 0 saturated carbocycles. The number of benzene rings is 1. The number of hydrogen-bond donors (Lipinski definition) is 2.